The van der Waals surface area contributed by atoms with Crippen molar-refractivity contribution >= 4 is 24.0 Å². The highest BCUT2D eigenvalue weighted by Crippen LogP contribution is 2.40. The maximum atomic E-state index is 13.6. The van der Waals surface area contributed by atoms with E-state index in [9.17, 15) is 22.8 Å². The predicted octanol–water partition coefficient (Wildman–Crippen LogP) is 8.17. The van der Waals surface area contributed by atoms with Crippen molar-refractivity contribution < 1.29 is 32.6 Å². The van der Waals surface area contributed by atoms with E-state index in [1.165, 1.54) is 24.3 Å². The molecule has 3 aromatic carbocycles. The minimum atomic E-state index is -4.42. The second-order valence-electron chi connectivity index (χ2n) is 12.8. The van der Waals surface area contributed by atoms with Crippen LogP contribution in [0.25, 0.3) is 17.8 Å². The number of nitrogens with one attached hydrogen (secondary N) is 1. The van der Waals surface area contributed by atoms with E-state index in [0.717, 1.165) is 29.4 Å². The summed E-state index contributed by atoms with van der Waals surface area (Å²) in [6.07, 6.45) is 3.92. The number of aryl methyl sites for hydroxylation is 2. The second kappa shape index (κ2) is 16.6. The molecule has 1 amide bonds. The number of amides is 1. The highest BCUT2D eigenvalue weighted by atomic mass is 19.4. The first-order valence-corrected chi connectivity index (χ1v) is 17.5. The topological polar surface area (TPSA) is 137 Å². The Hall–Kier alpha value is -6.57. The number of pyridine rings is 1. The van der Waals surface area contributed by atoms with Crippen molar-refractivity contribution in [3.63, 3.8) is 0 Å². The smallest absolute Gasteiger partial charge is 0.416 e. The third-order valence-electron chi connectivity index (χ3n) is 9.03. The maximum absolute atomic E-state index is 13.6. The van der Waals surface area contributed by atoms with Gasteiger partial charge < -0.3 is 19.7 Å². The van der Waals surface area contributed by atoms with Gasteiger partial charge in [0.05, 0.1) is 47.6 Å². The molecule has 0 saturated heterocycles. The number of carbonyl (C=O) groups is 2. The molecule has 6 aromatic rings. The van der Waals surface area contributed by atoms with Gasteiger partial charge in [0, 0.05) is 18.7 Å². The molecule has 2 N–H and O–H groups in total. The minimum Gasteiger partial charge on any atom is -0.479 e. The number of alkyl halides is 3. The van der Waals surface area contributed by atoms with Crippen molar-refractivity contribution in [2.24, 2.45) is 0 Å². The summed E-state index contributed by atoms with van der Waals surface area (Å²) < 4.78 is 49.8. The fourth-order valence-corrected chi connectivity index (χ4v) is 6.36. The van der Waals surface area contributed by atoms with E-state index < -0.39 is 23.6 Å². The largest absolute Gasteiger partial charge is 0.479 e. The standard InChI is InChI=1S/C25H23F3N6O.C16H15NO3/c1-16-14-33(15-29-16)21-11-9-17(30-24(21)35-2)10-12-22-31-23-19(7-5-13-34(23)32-22)18-6-3-4-8-20(18)25(26,27)28;1-11(12-7-3-2-4-8-12)17-15(18)13-9-5-6-10-14(13)16(19)20/h3-4,6,8-12,14-15,19H,5,7,13H2,1-2H3;2-11H,1H3,(H,17,18)(H,19,20)/t19-;11-/m01/s1. The Labute approximate surface area is 315 Å². The lowest BCUT2D eigenvalue weighted by atomic mass is 9.88. The molecular weight excluding hydrogens is 711 g/mol. The summed E-state index contributed by atoms with van der Waals surface area (Å²) in [6.45, 7) is 4.37. The quantitative estimate of drug-likeness (QED) is 0.151. The molecule has 282 valence electrons. The summed E-state index contributed by atoms with van der Waals surface area (Å²) in [5, 5.41) is 16.4. The highest BCUT2D eigenvalue weighted by molar-refractivity contribution is 6.04. The fourth-order valence-electron chi connectivity index (χ4n) is 6.36. The van der Waals surface area contributed by atoms with E-state index in [2.05, 4.69) is 25.4 Å². The van der Waals surface area contributed by atoms with Gasteiger partial charge in [-0.1, -0.05) is 60.7 Å². The van der Waals surface area contributed by atoms with Crippen LogP contribution in [-0.2, 0) is 12.7 Å². The molecule has 0 unspecified atom stereocenters. The summed E-state index contributed by atoms with van der Waals surface area (Å²) >= 11 is 0. The Morgan fingerprint density at radius 2 is 1.65 bits per heavy atom. The molecule has 0 fully saturated rings. The van der Waals surface area contributed by atoms with E-state index in [0.29, 0.717) is 36.2 Å². The predicted molar refractivity (Wildman–Crippen MR) is 200 cm³/mol. The molecule has 2 atom stereocenters. The van der Waals surface area contributed by atoms with Crippen LogP contribution < -0.4 is 10.1 Å². The summed E-state index contributed by atoms with van der Waals surface area (Å²) in [5.41, 5.74) is 3.02. The first-order valence-electron chi connectivity index (χ1n) is 17.5. The Balaban J connectivity index is 0.000000219. The van der Waals surface area contributed by atoms with Gasteiger partial charge in [0.25, 0.3) is 5.91 Å². The third kappa shape index (κ3) is 8.98. The van der Waals surface area contributed by atoms with Crippen LogP contribution in [0.1, 0.15) is 92.2 Å². The number of benzene rings is 3. The Morgan fingerprint density at radius 3 is 2.35 bits per heavy atom. The van der Waals surface area contributed by atoms with E-state index in [4.69, 9.17) is 9.84 Å². The average Bonchev–Trinajstić information content (AvgIpc) is 3.83. The number of imidazole rings is 1. The van der Waals surface area contributed by atoms with Crippen LogP contribution in [0.15, 0.2) is 104 Å². The highest BCUT2D eigenvalue weighted by Gasteiger charge is 2.37. The summed E-state index contributed by atoms with van der Waals surface area (Å²) in [7, 11) is 1.55. The molecule has 0 bridgehead atoms. The zero-order valence-corrected chi connectivity index (χ0v) is 30.2. The molecule has 7 rings (SSSR count). The lowest BCUT2D eigenvalue weighted by Crippen LogP contribution is -2.28. The molecule has 3 aromatic heterocycles. The fraction of sp³-hybridized carbons (Fsp3) is 0.220. The maximum Gasteiger partial charge on any atom is 0.416 e. The van der Waals surface area contributed by atoms with Crippen LogP contribution in [0, 0.1) is 6.92 Å². The number of hydrogen-bond acceptors (Lipinski definition) is 7. The zero-order valence-electron chi connectivity index (χ0n) is 30.2. The van der Waals surface area contributed by atoms with Gasteiger partial charge in [-0.15, -0.1) is 0 Å². The van der Waals surface area contributed by atoms with Crippen molar-refractivity contribution in [3.8, 4) is 11.6 Å². The molecule has 1 aliphatic heterocycles. The number of hydrogen-bond donors (Lipinski definition) is 2. The Kier molecular flexibility index (Phi) is 11.5. The first kappa shape index (κ1) is 38.2. The average molecular weight is 750 g/mol. The van der Waals surface area contributed by atoms with Crippen molar-refractivity contribution in [3.05, 3.63) is 154 Å². The van der Waals surface area contributed by atoms with Crippen molar-refractivity contribution in [2.75, 3.05) is 7.11 Å². The number of carboxylic acids is 1. The van der Waals surface area contributed by atoms with Gasteiger partial charge in [-0.25, -0.2) is 24.4 Å². The normalized spacial score (nSPS) is 14.4. The van der Waals surface area contributed by atoms with Crippen molar-refractivity contribution in [2.45, 2.75) is 51.4 Å². The molecule has 0 radical (unpaired) electrons. The molecule has 14 heteroatoms. The molecule has 55 heavy (non-hydrogen) atoms. The summed E-state index contributed by atoms with van der Waals surface area (Å²) in [4.78, 5) is 36.6. The van der Waals surface area contributed by atoms with Crippen LogP contribution in [0.3, 0.4) is 0 Å². The van der Waals surface area contributed by atoms with Gasteiger partial charge >= 0.3 is 12.1 Å². The van der Waals surface area contributed by atoms with Gasteiger partial charge in [-0.2, -0.15) is 18.3 Å². The van der Waals surface area contributed by atoms with E-state index in [1.54, 1.807) is 48.5 Å². The number of aromatic carboxylic acids is 1. The van der Waals surface area contributed by atoms with E-state index in [-0.39, 0.29) is 28.6 Å². The third-order valence-corrected chi connectivity index (χ3v) is 9.03. The summed E-state index contributed by atoms with van der Waals surface area (Å²) in [5.74, 6) is -0.560. The molecule has 0 saturated carbocycles. The van der Waals surface area contributed by atoms with Gasteiger partial charge in [0.1, 0.15) is 11.5 Å². The molecule has 0 spiro atoms. The number of halogens is 3. The number of carboxylic acid groups (broad SMARTS) is 1. The number of aromatic nitrogens is 6. The van der Waals surface area contributed by atoms with E-state index >= 15 is 0 Å². The summed E-state index contributed by atoms with van der Waals surface area (Å²) in [6, 6.07) is 24.9. The molecule has 11 nitrogen and oxygen atoms in total. The zero-order chi connectivity index (χ0) is 39.1. The SMILES string of the molecule is COc1nc(C=Cc2nc3n(n2)CCC[C@H]3c2ccccc2C(F)(F)F)ccc1-n1cnc(C)c1.C[C@@H](NC(=O)c1ccccc1C(=O)O)c1ccccc1. The monoisotopic (exact) mass is 749 g/mol. The number of rotatable bonds is 9. The number of carbonyl (C=O) groups excluding carboxylic acids is 1. The lowest BCUT2D eigenvalue weighted by molar-refractivity contribution is -0.138. The van der Waals surface area contributed by atoms with Gasteiger partial charge in [-0.3, -0.25) is 4.79 Å². The molecule has 0 aliphatic carbocycles. The molecule has 4 heterocycles. The van der Waals surface area contributed by atoms with E-state index in [1.807, 2.05) is 67.1 Å². The first-order chi connectivity index (χ1) is 26.4. The van der Waals surface area contributed by atoms with Crippen LogP contribution in [-0.4, -0.2) is 53.4 Å². The Bertz CT molecular complexity index is 2320. The van der Waals surface area contributed by atoms with Crippen molar-refractivity contribution in [1.82, 2.24) is 34.6 Å². The van der Waals surface area contributed by atoms with Gasteiger partial charge in [0.2, 0.25) is 5.88 Å². The number of nitrogens with zero attached hydrogens (tertiary/aromatic N) is 6. The van der Waals surface area contributed by atoms with Crippen LogP contribution in [0.2, 0.25) is 0 Å². The lowest BCUT2D eigenvalue weighted by Gasteiger charge is -2.25. The number of methoxy groups -OCH3 is 1. The van der Waals surface area contributed by atoms with Crippen LogP contribution in [0.4, 0.5) is 13.2 Å². The van der Waals surface area contributed by atoms with Crippen LogP contribution >= 0.6 is 0 Å². The van der Waals surface area contributed by atoms with Crippen LogP contribution in [0.5, 0.6) is 5.88 Å². The second-order valence-corrected chi connectivity index (χ2v) is 12.8. The Morgan fingerprint density at radius 1 is 0.945 bits per heavy atom. The molecule has 1 aliphatic rings. The number of fused-ring (bicyclic) bond motifs is 1. The molecular formula is C41H38F3N7O4. The number of ether oxygens (including phenoxy) is 1. The van der Waals surface area contributed by atoms with Crippen molar-refractivity contribution in [1.29, 1.82) is 0 Å². The minimum absolute atomic E-state index is 0.00487. The van der Waals surface area contributed by atoms with Gasteiger partial charge in [-0.05, 0) is 80.3 Å². The van der Waals surface area contributed by atoms with Gasteiger partial charge in [0.15, 0.2) is 5.82 Å².